The lowest BCUT2D eigenvalue weighted by Crippen LogP contribution is -2.50. The van der Waals surface area contributed by atoms with Crippen molar-refractivity contribution in [1.29, 1.82) is 0 Å². The molecule has 0 spiro atoms. The molecule has 140 valence electrons. The Hall–Kier alpha value is -3.35. The number of methoxy groups -OCH3 is 1. The number of carbonyl (C=O) groups excluding carboxylic acids is 2. The first-order valence-corrected chi connectivity index (χ1v) is 8.50. The summed E-state index contributed by atoms with van der Waals surface area (Å²) < 4.78 is 16.3. The summed E-state index contributed by atoms with van der Waals surface area (Å²) in [6.07, 6.45) is 3.95. The van der Waals surface area contributed by atoms with Crippen LogP contribution < -0.4 is 14.8 Å². The van der Waals surface area contributed by atoms with Crippen molar-refractivity contribution < 1.29 is 23.8 Å². The second-order valence-corrected chi connectivity index (χ2v) is 5.91. The lowest BCUT2D eigenvalue weighted by Gasteiger charge is -2.32. The van der Waals surface area contributed by atoms with Gasteiger partial charge in [-0.15, -0.1) is 0 Å². The van der Waals surface area contributed by atoms with Gasteiger partial charge in [0.25, 0.3) is 0 Å². The molecule has 1 aliphatic rings. The average Bonchev–Trinajstić information content (AvgIpc) is 2.72. The van der Waals surface area contributed by atoms with E-state index in [9.17, 15) is 9.59 Å². The van der Waals surface area contributed by atoms with Crippen molar-refractivity contribution in [3.63, 3.8) is 0 Å². The van der Waals surface area contributed by atoms with Crippen LogP contribution in [0.2, 0.25) is 0 Å². The van der Waals surface area contributed by atoms with E-state index >= 15 is 0 Å². The molecule has 2 heterocycles. The first kappa shape index (κ1) is 18.4. The molecule has 1 aromatic carbocycles. The van der Waals surface area contributed by atoms with Crippen molar-refractivity contribution in [3.8, 4) is 11.5 Å². The van der Waals surface area contributed by atoms with Crippen LogP contribution in [0, 0.1) is 0 Å². The maximum atomic E-state index is 12.2. The molecule has 2 atom stereocenters. The van der Waals surface area contributed by atoms with Crippen LogP contribution >= 0.6 is 0 Å². The van der Waals surface area contributed by atoms with Crippen molar-refractivity contribution in [2.24, 2.45) is 0 Å². The normalized spacial score (nSPS) is 16.6. The molecule has 0 saturated carbocycles. The van der Waals surface area contributed by atoms with Crippen LogP contribution in [-0.4, -0.2) is 42.7 Å². The van der Waals surface area contributed by atoms with Gasteiger partial charge in [0.05, 0.1) is 13.2 Å². The third-order valence-corrected chi connectivity index (χ3v) is 4.03. The summed E-state index contributed by atoms with van der Waals surface area (Å²) in [5.74, 6) is 0.266. The summed E-state index contributed by atoms with van der Waals surface area (Å²) >= 11 is 0. The van der Waals surface area contributed by atoms with Gasteiger partial charge in [-0.05, 0) is 24.3 Å². The number of esters is 1. The van der Waals surface area contributed by atoms with Crippen LogP contribution in [0.15, 0.2) is 60.8 Å². The highest BCUT2D eigenvalue weighted by atomic mass is 16.6. The molecule has 0 radical (unpaired) electrons. The SMILES string of the molecule is COC(=O)/C=C/C(=O)NC(Cc1ccccn1)C1COc2ccccc2O1. The van der Waals surface area contributed by atoms with Gasteiger partial charge < -0.3 is 19.5 Å². The minimum absolute atomic E-state index is 0.287. The Kier molecular flexibility index (Phi) is 6.04. The minimum Gasteiger partial charge on any atom is -0.486 e. The highest BCUT2D eigenvalue weighted by Crippen LogP contribution is 2.31. The number of hydrogen-bond donors (Lipinski definition) is 1. The average molecular weight is 368 g/mol. The largest absolute Gasteiger partial charge is 0.486 e. The van der Waals surface area contributed by atoms with Crippen LogP contribution in [-0.2, 0) is 20.7 Å². The lowest BCUT2D eigenvalue weighted by atomic mass is 10.0. The van der Waals surface area contributed by atoms with E-state index in [4.69, 9.17) is 9.47 Å². The van der Waals surface area contributed by atoms with Gasteiger partial charge in [-0.25, -0.2) is 4.79 Å². The van der Waals surface area contributed by atoms with E-state index in [1.807, 2.05) is 42.5 Å². The number of fused-ring (bicyclic) bond motifs is 1. The van der Waals surface area contributed by atoms with E-state index in [1.165, 1.54) is 7.11 Å². The first-order valence-electron chi connectivity index (χ1n) is 8.50. The summed E-state index contributed by atoms with van der Waals surface area (Å²) in [6, 6.07) is 12.6. The van der Waals surface area contributed by atoms with Gasteiger partial charge in [-0.2, -0.15) is 0 Å². The fourth-order valence-corrected chi connectivity index (χ4v) is 2.70. The zero-order valence-electron chi connectivity index (χ0n) is 14.8. The Labute approximate surface area is 157 Å². The molecule has 1 amide bonds. The maximum absolute atomic E-state index is 12.2. The smallest absolute Gasteiger partial charge is 0.330 e. The number of benzene rings is 1. The van der Waals surface area contributed by atoms with E-state index in [2.05, 4.69) is 15.0 Å². The van der Waals surface area contributed by atoms with E-state index < -0.39 is 24.0 Å². The Morgan fingerprint density at radius 1 is 1.22 bits per heavy atom. The molecule has 7 heteroatoms. The second-order valence-electron chi connectivity index (χ2n) is 5.91. The summed E-state index contributed by atoms with van der Waals surface area (Å²) in [5.41, 5.74) is 0.808. The number of pyridine rings is 1. The van der Waals surface area contributed by atoms with Gasteiger partial charge in [-0.1, -0.05) is 18.2 Å². The number of para-hydroxylation sites is 2. The van der Waals surface area contributed by atoms with E-state index in [0.29, 0.717) is 17.9 Å². The van der Waals surface area contributed by atoms with Crippen LogP contribution in [0.1, 0.15) is 5.69 Å². The van der Waals surface area contributed by atoms with Crippen LogP contribution in [0.3, 0.4) is 0 Å². The number of ether oxygens (including phenoxy) is 3. The standard InChI is InChI=1S/C20H20N2O5/c1-25-20(24)10-9-19(23)22-15(12-14-6-4-5-11-21-14)18-13-26-16-7-2-3-8-17(16)27-18/h2-11,15,18H,12-13H2,1H3,(H,22,23)/b10-9+. The van der Waals surface area contributed by atoms with E-state index in [-0.39, 0.29) is 6.61 Å². The van der Waals surface area contributed by atoms with Crippen LogP contribution in [0.5, 0.6) is 11.5 Å². The Balaban J connectivity index is 1.75. The van der Waals surface area contributed by atoms with Gasteiger partial charge in [0, 0.05) is 30.5 Å². The van der Waals surface area contributed by atoms with E-state index in [1.54, 1.807) is 6.20 Å². The fraction of sp³-hybridized carbons (Fsp3) is 0.250. The van der Waals surface area contributed by atoms with Crippen molar-refractivity contribution in [3.05, 3.63) is 66.5 Å². The minimum atomic E-state index is -0.599. The van der Waals surface area contributed by atoms with Gasteiger partial charge in [0.15, 0.2) is 17.6 Å². The Bertz CT molecular complexity index is 822. The molecule has 1 aromatic heterocycles. The van der Waals surface area contributed by atoms with Crippen molar-refractivity contribution in [1.82, 2.24) is 10.3 Å². The third kappa shape index (κ3) is 5.07. The summed E-state index contributed by atoms with van der Waals surface area (Å²) in [5, 5.41) is 2.87. The third-order valence-electron chi connectivity index (χ3n) is 4.03. The van der Waals surface area contributed by atoms with Gasteiger partial charge in [-0.3, -0.25) is 9.78 Å². The van der Waals surface area contributed by atoms with E-state index in [0.717, 1.165) is 17.8 Å². The van der Waals surface area contributed by atoms with Crippen molar-refractivity contribution in [2.45, 2.75) is 18.6 Å². The molecule has 3 rings (SSSR count). The van der Waals surface area contributed by atoms with Gasteiger partial charge in [0.2, 0.25) is 5.91 Å². The number of aromatic nitrogens is 1. The monoisotopic (exact) mass is 368 g/mol. The number of nitrogens with one attached hydrogen (secondary N) is 1. The highest BCUT2D eigenvalue weighted by Gasteiger charge is 2.30. The second kappa shape index (κ2) is 8.84. The topological polar surface area (TPSA) is 86.8 Å². The number of rotatable bonds is 6. The van der Waals surface area contributed by atoms with Crippen LogP contribution in [0.25, 0.3) is 0 Å². The Morgan fingerprint density at radius 2 is 2.00 bits per heavy atom. The maximum Gasteiger partial charge on any atom is 0.330 e. The first-order chi connectivity index (χ1) is 13.2. The molecule has 7 nitrogen and oxygen atoms in total. The Morgan fingerprint density at radius 3 is 2.74 bits per heavy atom. The quantitative estimate of drug-likeness (QED) is 0.617. The number of amides is 1. The number of carbonyl (C=O) groups is 2. The molecule has 0 aliphatic carbocycles. The van der Waals surface area contributed by atoms with Crippen molar-refractivity contribution >= 4 is 11.9 Å². The molecule has 27 heavy (non-hydrogen) atoms. The predicted octanol–water partition coefficient (Wildman–Crippen LogP) is 1.68. The zero-order chi connectivity index (χ0) is 19.1. The number of hydrogen-bond acceptors (Lipinski definition) is 6. The number of nitrogens with zero attached hydrogens (tertiary/aromatic N) is 1. The molecule has 1 aliphatic heterocycles. The van der Waals surface area contributed by atoms with Gasteiger partial charge >= 0.3 is 5.97 Å². The molecular formula is C20H20N2O5. The molecule has 0 bridgehead atoms. The molecule has 0 saturated heterocycles. The van der Waals surface area contributed by atoms with Crippen molar-refractivity contribution in [2.75, 3.05) is 13.7 Å². The lowest BCUT2D eigenvalue weighted by molar-refractivity contribution is -0.135. The van der Waals surface area contributed by atoms with Crippen LogP contribution in [0.4, 0.5) is 0 Å². The molecule has 1 N–H and O–H groups in total. The molecule has 0 fully saturated rings. The fourth-order valence-electron chi connectivity index (χ4n) is 2.70. The summed E-state index contributed by atoms with van der Waals surface area (Å²) in [4.78, 5) is 27.7. The molecule has 2 unspecified atom stereocenters. The van der Waals surface area contributed by atoms with Gasteiger partial charge in [0.1, 0.15) is 6.61 Å². The molecular weight excluding hydrogens is 348 g/mol. The highest BCUT2D eigenvalue weighted by molar-refractivity contribution is 5.94. The predicted molar refractivity (Wildman–Crippen MR) is 97.4 cm³/mol. The zero-order valence-corrected chi connectivity index (χ0v) is 14.8. The molecule has 2 aromatic rings. The summed E-state index contributed by atoms with van der Waals surface area (Å²) in [7, 11) is 1.25. The summed E-state index contributed by atoms with van der Waals surface area (Å²) in [6.45, 7) is 0.287.